The highest BCUT2D eigenvalue weighted by molar-refractivity contribution is 5.94. The van der Waals surface area contributed by atoms with E-state index in [4.69, 9.17) is 9.47 Å². The van der Waals surface area contributed by atoms with Gasteiger partial charge in [-0.1, -0.05) is 26.0 Å². The SMILES string of the molecule is CCCOc1cccc(C2CNC(NC(=O)OC)=N2)c1OCCC. The summed E-state index contributed by atoms with van der Waals surface area (Å²) in [5.41, 5.74) is 0.936. The molecule has 0 saturated heterocycles. The number of nitrogens with zero attached hydrogens (tertiary/aromatic N) is 1. The fraction of sp³-hybridized carbons (Fsp3) is 0.529. The molecule has 1 aromatic rings. The van der Waals surface area contributed by atoms with Crippen LogP contribution < -0.4 is 20.1 Å². The zero-order chi connectivity index (χ0) is 17.4. The first-order valence-corrected chi connectivity index (χ1v) is 8.24. The van der Waals surface area contributed by atoms with Gasteiger partial charge >= 0.3 is 6.09 Å². The van der Waals surface area contributed by atoms with Crippen molar-refractivity contribution in [2.45, 2.75) is 32.7 Å². The van der Waals surface area contributed by atoms with Crippen LogP contribution in [0.25, 0.3) is 0 Å². The Labute approximate surface area is 142 Å². The first-order valence-electron chi connectivity index (χ1n) is 8.24. The van der Waals surface area contributed by atoms with Crippen LogP contribution in [0.5, 0.6) is 11.5 Å². The van der Waals surface area contributed by atoms with E-state index in [1.165, 1.54) is 7.11 Å². The summed E-state index contributed by atoms with van der Waals surface area (Å²) in [6.07, 6.45) is 1.28. The lowest BCUT2D eigenvalue weighted by molar-refractivity contribution is 0.176. The molecule has 0 aliphatic carbocycles. The Morgan fingerprint density at radius 1 is 1.29 bits per heavy atom. The molecule has 0 bridgehead atoms. The van der Waals surface area contributed by atoms with Crippen molar-refractivity contribution in [3.8, 4) is 11.5 Å². The van der Waals surface area contributed by atoms with E-state index >= 15 is 0 Å². The third-order valence-corrected chi connectivity index (χ3v) is 3.43. The van der Waals surface area contributed by atoms with E-state index in [9.17, 15) is 4.79 Å². The van der Waals surface area contributed by atoms with Crippen LogP contribution in [0.15, 0.2) is 23.2 Å². The van der Waals surface area contributed by atoms with Crippen LogP contribution in [0.4, 0.5) is 4.79 Å². The molecule has 7 nitrogen and oxygen atoms in total. The van der Waals surface area contributed by atoms with E-state index in [0.29, 0.717) is 25.7 Å². The van der Waals surface area contributed by atoms with Crippen LogP contribution in [-0.2, 0) is 4.74 Å². The quantitative estimate of drug-likeness (QED) is 0.800. The molecule has 0 fully saturated rings. The largest absolute Gasteiger partial charge is 0.490 e. The molecule has 0 spiro atoms. The minimum Gasteiger partial charge on any atom is -0.490 e. The zero-order valence-corrected chi connectivity index (χ0v) is 14.4. The van der Waals surface area contributed by atoms with E-state index in [-0.39, 0.29) is 6.04 Å². The maximum absolute atomic E-state index is 11.3. The number of ether oxygens (including phenoxy) is 3. The normalized spacial score (nSPS) is 16.1. The van der Waals surface area contributed by atoms with Gasteiger partial charge in [0.05, 0.1) is 26.4 Å². The Balaban J connectivity index is 2.23. The van der Waals surface area contributed by atoms with Gasteiger partial charge in [-0.25, -0.2) is 9.79 Å². The predicted molar refractivity (Wildman–Crippen MR) is 91.7 cm³/mol. The summed E-state index contributed by atoms with van der Waals surface area (Å²) < 4.78 is 16.3. The number of carbonyl (C=O) groups excluding carboxylic acids is 1. The molecule has 0 saturated carbocycles. The molecule has 1 aliphatic rings. The number of methoxy groups -OCH3 is 1. The number of hydrogen-bond acceptors (Lipinski definition) is 6. The molecule has 1 aromatic carbocycles. The summed E-state index contributed by atoms with van der Waals surface area (Å²) >= 11 is 0. The summed E-state index contributed by atoms with van der Waals surface area (Å²) in [5.74, 6) is 1.85. The molecule has 7 heteroatoms. The molecular weight excluding hydrogens is 310 g/mol. The number of amides is 1. The van der Waals surface area contributed by atoms with Gasteiger partial charge in [0.25, 0.3) is 0 Å². The number of carbonyl (C=O) groups is 1. The van der Waals surface area contributed by atoms with Gasteiger partial charge in [-0.05, 0) is 18.9 Å². The van der Waals surface area contributed by atoms with Crippen molar-refractivity contribution in [3.63, 3.8) is 0 Å². The van der Waals surface area contributed by atoms with Crippen LogP contribution in [0.2, 0.25) is 0 Å². The third kappa shape index (κ3) is 4.53. The van der Waals surface area contributed by atoms with Crippen LogP contribution in [-0.4, -0.2) is 38.9 Å². The predicted octanol–water partition coefficient (Wildman–Crippen LogP) is 2.62. The molecule has 1 aliphatic heterocycles. The number of hydrogen-bond donors (Lipinski definition) is 2. The number of benzene rings is 1. The highest BCUT2D eigenvalue weighted by Gasteiger charge is 2.25. The summed E-state index contributed by atoms with van der Waals surface area (Å²) in [4.78, 5) is 15.8. The lowest BCUT2D eigenvalue weighted by atomic mass is 10.1. The van der Waals surface area contributed by atoms with Gasteiger partial charge in [0.1, 0.15) is 0 Å². The van der Waals surface area contributed by atoms with Crippen molar-refractivity contribution < 1.29 is 19.0 Å². The summed E-state index contributed by atoms with van der Waals surface area (Å²) in [7, 11) is 1.31. The molecule has 24 heavy (non-hydrogen) atoms. The fourth-order valence-electron chi connectivity index (χ4n) is 2.32. The number of aliphatic imine (C=N–C) groups is 1. The Hall–Kier alpha value is -2.44. The number of nitrogens with one attached hydrogen (secondary N) is 2. The number of para-hydroxylation sites is 1. The maximum atomic E-state index is 11.3. The van der Waals surface area contributed by atoms with E-state index in [1.54, 1.807) is 0 Å². The Morgan fingerprint density at radius 2 is 2.04 bits per heavy atom. The van der Waals surface area contributed by atoms with Crippen molar-refractivity contribution in [2.75, 3.05) is 26.9 Å². The highest BCUT2D eigenvalue weighted by atomic mass is 16.5. The van der Waals surface area contributed by atoms with Gasteiger partial charge in [0.15, 0.2) is 11.5 Å². The Kier molecular flexibility index (Phi) is 6.72. The molecule has 2 rings (SSSR count). The summed E-state index contributed by atoms with van der Waals surface area (Å²) in [6, 6.07) is 5.65. The van der Waals surface area contributed by atoms with Gasteiger partial charge in [-0.15, -0.1) is 0 Å². The molecule has 132 valence electrons. The van der Waals surface area contributed by atoms with Crippen molar-refractivity contribution in [1.29, 1.82) is 0 Å². The average Bonchev–Trinajstić information content (AvgIpc) is 3.06. The minimum atomic E-state index is -0.551. The van der Waals surface area contributed by atoms with Crippen molar-refractivity contribution >= 4 is 12.1 Å². The molecule has 1 unspecified atom stereocenters. The third-order valence-electron chi connectivity index (χ3n) is 3.43. The van der Waals surface area contributed by atoms with Gasteiger partial charge in [0, 0.05) is 12.1 Å². The molecule has 1 amide bonds. The fourth-order valence-corrected chi connectivity index (χ4v) is 2.32. The minimum absolute atomic E-state index is 0.158. The molecule has 0 aromatic heterocycles. The zero-order valence-electron chi connectivity index (χ0n) is 14.4. The monoisotopic (exact) mass is 335 g/mol. The van der Waals surface area contributed by atoms with E-state index in [0.717, 1.165) is 29.9 Å². The first-order chi connectivity index (χ1) is 11.7. The van der Waals surface area contributed by atoms with Crippen LogP contribution in [0.1, 0.15) is 38.3 Å². The topological polar surface area (TPSA) is 81.2 Å². The van der Waals surface area contributed by atoms with Gasteiger partial charge in [0.2, 0.25) is 5.96 Å². The van der Waals surface area contributed by atoms with E-state index < -0.39 is 6.09 Å². The van der Waals surface area contributed by atoms with Crippen LogP contribution >= 0.6 is 0 Å². The number of alkyl carbamates (subject to hydrolysis) is 1. The molecule has 1 heterocycles. The second-order valence-corrected chi connectivity index (χ2v) is 5.36. The van der Waals surface area contributed by atoms with Gasteiger partial charge in [-0.3, -0.25) is 5.32 Å². The van der Waals surface area contributed by atoms with Crippen molar-refractivity contribution in [3.05, 3.63) is 23.8 Å². The highest BCUT2D eigenvalue weighted by Crippen LogP contribution is 2.37. The number of rotatable bonds is 7. The molecule has 0 radical (unpaired) electrons. The number of guanidine groups is 1. The Bertz CT molecular complexity index is 589. The van der Waals surface area contributed by atoms with Crippen LogP contribution in [0, 0.1) is 0 Å². The van der Waals surface area contributed by atoms with E-state index in [1.807, 2.05) is 18.2 Å². The molecule has 2 N–H and O–H groups in total. The molecule has 1 atom stereocenters. The second-order valence-electron chi connectivity index (χ2n) is 5.36. The summed E-state index contributed by atoms with van der Waals surface area (Å²) in [5, 5.41) is 5.60. The Morgan fingerprint density at radius 3 is 2.75 bits per heavy atom. The average molecular weight is 335 g/mol. The van der Waals surface area contributed by atoms with Crippen molar-refractivity contribution in [2.24, 2.45) is 4.99 Å². The standard InChI is InChI=1S/C17H25N3O4/c1-4-9-23-14-8-6-7-12(15(14)24-10-5-2)13-11-18-16(19-13)20-17(21)22-3/h6-8,13H,4-5,9-11H2,1-3H3,(H2,18,19,20,21). The van der Waals surface area contributed by atoms with Crippen molar-refractivity contribution in [1.82, 2.24) is 10.6 Å². The lowest BCUT2D eigenvalue weighted by Gasteiger charge is -2.18. The van der Waals surface area contributed by atoms with E-state index in [2.05, 4.69) is 34.2 Å². The molecular formula is C17H25N3O4. The van der Waals surface area contributed by atoms with Crippen LogP contribution in [0.3, 0.4) is 0 Å². The lowest BCUT2D eigenvalue weighted by Crippen LogP contribution is -2.37. The smallest absolute Gasteiger partial charge is 0.413 e. The van der Waals surface area contributed by atoms with Gasteiger partial charge in [-0.2, -0.15) is 0 Å². The first kappa shape index (κ1) is 17.9. The second kappa shape index (κ2) is 9.00. The summed E-state index contributed by atoms with van der Waals surface area (Å²) in [6.45, 7) is 5.93. The van der Waals surface area contributed by atoms with Gasteiger partial charge < -0.3 is 19.5 Å². The maximum Gasteiger partial charge on any atom is 0.413 e.